The first-order chi connectivity index (χ1) is 4.25. The molecule has 3 atom stereocenters. The average Bonchev–Trinajstić information content (AvgIpc) is 2.47. The maximum absolute atomic E-state index is 9.29. The minimum atomic E-state index is -0.113. The van der Waals surface area contributed by atoms with Crippen LogP contribution in [0, 0.1) is 11.8 Å². The SMILES string of the molecule is C=CCC(O)[C@@H]1C[C@H]1C. The van der Waals surface area contributed by atoms with Gasteiger partial charge in [0.05, 0.1) is 6.10 Å². The summed E-state index contributed by atoms with van der Waals surface area (Å²) in [5.74, 6) is 1.32. The molecule has 0 aliphatic heterocycles. The molecule has 0 radical (unpaired) electrons. The topological polar surface area (TPSA) is 20.2 Å². The molecule has 0 heterocycles. The Kier molecular flexibility index (Phi) is 1.91. The van der Waals surface area contributed by atoms with Crippen LogP contribution in [0.5, 0.6) is 0 Å². The average molecular weight is 126 g/mol. The predicted molar refractivity (Wildman–Crippen MR) is 38.1 cm³/mol. The molecule has 1 heteroatoms. The number of aliphatic hydroxyl groups excluding tert-OH is 1. The highest BCUT2D eigenvalue weighted by Gasteiger charge is 2.37. The molecule has 1 fully saturated rings. The van der Waals surface area contributed by atoms with Gasteiger partial charge in [-0.15, -0.1) is 6.58 Å². The monoisotopic (exact) mass is 126 g/mol. The standard InChI is InChI=1S/C8H14O/c1-3-4-8(9)7-5-6(7)2/h3,6-9H,1,4-5H2,2H3/t6-,7-,8?/m1/s1. The Morgan fingerprint density at radius 3 is 2.78 bits per heavy atom. The second-order valence-corrected chi connectivity index (χ2v) is 2.97. The van der Waals surface area contributed by atoms with E-state index in [0.29, 0.717) is 5.92 Å². The van der Waals surface area contributed by atoms with Crippen molar-refractivity contribution < 1.29 is 5.11 Å². The van der Waals surface area contributed by atoms with Crippen LogP contribution in [0.1, 0.15) is 19.8 Å². The van der Waals surface area contributed by atoms with Crippen molar-refractivity contribution in [3.8, 4) is 0 Å². The fourth-order valence-electron chi connectivity index (χ4n) is 1.23. The lowest BCUT2D eigenvalue weighted by molar-refractivity contribution is 0.149. The van der Waals surface area contributed by atoms with Crippen LogP contribution in [0.2, 0.25) is 0 Å². The van der Waals surface area contributed by atoms with E-state index in [0.717, 1.165) is 12.3 Å². The number of hydrogen-bond acceptors (Lipinski definition) is 1. The van der Waals surface area contributed by atoms with Gasteiger partial charge in [-0.05, 0) is 24.7 Å². The molecule has 0 aromatic heterocycles. The van der Waals surface area contributed by atoms with Crippen LogP contribution in [-0.2, 0) is 0 Å². The molecule has 0 aromatic carbocycles. The van der Waals surface area contributed by atoms with Crippen LogP contribution in [0.15, 0.2) is 12.7 Å². The van der Waals surface area contributed by atoms with Gasteiger partial charge in [0.25, 0.3) is 0 Å². The molecule has 0 bridgehead atoms. The van der Waals surface area contributed by atoms with Crippen LogP contribution >= 0.6 is 0 Å². The second-order valence-electron chi connectivity index (χ2n) is 2.97. The highest BCUT2D eigenvalue weighted by atomic mass is 16.3. The first-order valence-corrected chi connectivity index (χ1v) is 3.54. The zero-order valence-electron chi connectivity index (χ0n) is 5.88. The molecule has 0 saturated heterocycles. The molecular formula is C8H14O. The molecule has 0 amide bonds. The van der Waals surface area contributed by atoms with E-state index < -0.39 is 0 Å². The summed E-state index contributed by atoms with van der Waals surface area (Å²) >= 11 is 0. The summed E-state index contributed by atoms with van der Waals surface area (Å²) in [6.07, 6.45) is 3.64. The quantitative estimate of drug-likeness (QED) is 0.569. The second kappa shape index (κ2) is 2.53. The van der Waals surface area contributed by atoms with E-state index in [2.05, 4.69) is 13.5 Å². The molecule has 0 spiro atoms. The van der Waals surface area contributed by atoms with E-state index in [1.54, 1.807) is 6.08 Å². The first kappa shape index (κ1) is 6.81. The van der Waals surface area contributed by atoms with E-state index in [-0.39, 0.29) is 6.10 Å². The van der Waals surface area contributed by atoms with Gasteiger partial charge in [-0.25, -0.2) is 0 Å². The molecule has 1 unspecified atom stereocenters. The molecule has 1 saturated carbocycles. The van der Waals surface area contributed by atoms with Gasteiger partial charge in [0.2, 0.25) is 0 Å². The Bertz CT molecular complexity index is 109. The summed E-state index contributed by atoms with van der Waals surface area (Å²) in [5, 5.41) is 9.29. The lowest BCUT2D eigenvalue weighted by Gasteiger charge is -2.03. The van der Waals surface area contributed by atoms with Crippen LogP contribution in [-0.4, -0.2) is 11.2 Å². The van der Waals surface area contributed by atoms with Gasteiger partial charge >= 0.3 is 0 Å². The minimum absolute atomic E-state index is 0.113. The van der Waals surface area contributed by atoms with E-state index >= 15 is 0 Å². The van der Waals surface area contributed by atoms with Crippen LogP contribution in [0.25, 0.3) is 0 Å². The third-order valence-corrected chi connectivity index (χ3v) is 2.07. The van der Waals surface area contributed by atoms with Gasteiger partial charge in [-0.3, -0.25) is 0 Å². The van der Waals surface area contributed by atoms with Crippen molar-refractivity contribution in [1.82, 2.24) is 0 Å². The lowest BCUT2D eigenvalue weighted by atomic mass is 10.1. The molecule has 1 aliphatic carbocycles. The predicted octanol–water partition coefficient (Wildman–Crippen LogP) is 1.58. The maximum atomic E-state index is 9.29. The van der Waals surface area contributed by atoms with Gasteiger partial charge in [0.15, 0.2) is 0 Å². The van der Waals surface area contributed by atoms with Crippen molar-refractivity contribution in [3.05, 3.63) is 12.7 Å². The third-order valence-electron chi connectivity index (χ3n) is 2.07. The van der Waals surface area contributed by atoms with Crippen molar-refractivity contribution in [2.24, 2.45) is 11.8 Å². The lowest BCUT2D eigenvalue weighted by Crippen LogP contribution is -2.08. The largest absolute Gasteiger partial charge is 0.393 e. The van der Waals surface area contributed by atoms with Gasteiger partial charge in [0, 0.05) is 0 Å². The van der Waals surface area contributed by atoms with Gasteiger partial charge in [0.1, 0.15) is 0 Å². The Morgan fingerprint density at radius 1 is 1.89 bits per heavy atom. The Morgan fingerprint density at radius 2 is 2.44 bits per heavy atom. The fraction of sp³-hybridized carbons (Fsp3) is 0.750. The highest BCUT2D eigenvalue weighted by Crippen LogP contribution is 2.41. The summed E-state index contributed by atoms with van der Waals surface area (Å²) in [7, 11) is 0. The molecule has 1 N–H and O–H groups in total. The van der Waals surface area contributed by atoms with E-state index in [9.17, 15) is 5.11 Å². The van der Waals surface area contributed by atoms with Crippen molar-refractivity contribution in [2.45, 2.75) is 25.9 Å². The van der Waals surface area contributed by atoms with E-state index in [1.165, 1.54) is 6.42 Å². The van der Waals surface area contributed by atoms with Gasteiger partial charge in [-0.1, -0.05) is 13.0 Å². The molecular weight excluding hydrogens is 112 g/mol. The van der Waals surface area contributed by atoms with Crippen molar-refractivity contribution in [2.75, 3.05) is 0 Å². The smallest absolute Gasteiger partial charge is 0.0605 e. The Hall–Kier alpha value is -0.300. The Balaban J connectivity index is 2.18. The highest BCUT2D eigenvalue weighted by molar-refractivity contribution is 4.90. The van der Waals surface area contributed by atoms with Crippen LogP contribution in [0.3, 0.4) is 0 Å². The summed E-state index contributed by atoms with van der Waals surface area (Å²) in [4.78, 5) is 0. The van der Waals surface area contributed by atoms with Gasteiger partial charge in [-0.2, -0.15) is 0 Å². The molecule has 0 aromatic rings. The van der Waals surface area contributed by atoms with E-state index in [4.69, 9.17) is 0 Å². The van der Waals surface area contributed by atoms with Crippen LogP contribution < -0.4 is 0 Å². The van der Waals surface area contributed by atoms with Crippen molar-refractivity contribution in [3.63, 3.8) is 0 Å². The summed E-state index contributed by atoms with van der Waals surface area (Å²) < 4.78 is 0. The fourth-order valence-corrected chi connectivity index (χ4v) is 1.23. The van der Waals surface area contributed by atoms with Crippen LogP contribution in [0.4, 0.5) is 0 Å². The number of aliphatic hydroxyl groups is 1. The summed E-state index contributed by atoms with van der Waals surface area (Å²) in [6, 6.07) is 0. The normalized spacial score (nSPS) is 35.8. The molecule has 1 rings (SSSR count). The molecule has 1 nitrogen and oxygen atoms in total. The zero-order chi connectivity index (χ0) is 6.85. The Labute approximate surface area is 56.4 Å². The van der Waals surface area contributed by atoms with Crippen molar-refractivity contribution in [1.29, 1.82) is 0 Å². The third kappa shape index (κ3) is 1.55. The van der Waals surface area contributed by atoms with E-state index in [1.807, 2.05) is 0 Å². The zero-order valence-corrected chi connectivity index (χ0v) is 5.88. The molecule has 52 valence electrons. The summed E-state index contributed by atoms with van der Waals surface area (Å²) in [6.45, 7) is 5.75. The van der Waals surface area contributed by atoms with Gasteiger partial charge < -0.3 is 5.11 Å². The minimum Gasteiger partial charge on any atom is -0.393 e. The first-order valence-electron chi connectivity index (χ1n) is 3.54. The van der Waals surface area contributed by atoms with Crippen molar-refractivity contribution >= 4 is 0 Å². The number of rotatable bonds is 3. The molecule has 9 heavy (non-hydrogen) atoms. The number of hydrogen-bond donors (Lipinski definition) is 1. The summed E-state index contributed by atoms with van der Waals surface area (Å²) in [5.41, 5.74) is 0. The molecule has 1 aliphatic rings. The maximum Gasteiger partial charge on any atom is 0.0605 e.